The van der Waals surface area contributed by atoms with Crippen LogP contribution in [0.15, 0.2) is 41.3 Å². The van der Waals surface area contributed by atoms with E-state index in [2.05, 4.69) is 38.0 Å². The van der Waals surface area contributed by atoms with E-state index in [4.69, 9.17) is 0 Å². The highest BCUT2D eigenvalue weighted by Crippen LogP contribution is 2.17. The van der Waals surface area contributed by atoms with Crippen molar-refractivity contribution >= 4 is 5.65 Å². The van der Waals surface area contributed by atoms with Gasteiger partial charge in [0.25, 0.3) is 0 Å². The maximum Gasteiger partial charge on any atom is 0.350 e. The van der Waals surface area contributed by atoms with E-state index in [-0.39, 0.29) is 5.69 Å². The maximum atomic E-state index is 12.3. The van der Waals surface area contributed by atoms with Gasteiger partial charge in [0.1, 0.15) is 0 Å². The van der Waals surface area contributed by atoms with Crippen LogP contribution in [0, 0.1) is 20.8 Å². The van der Waals surface area contributed by atoms with Crippen molar-refractivity contribution in [3.63, 3.8) is 0 Å². The predicted octanol–water partition coefficient (Wildman–Crippen LogP) is 2.47. The Labute approximate surface area is 117 Å². The fraction of sp³-hybridized carbons (Fsp3) is 0.250. The summed E-state index contributed by atoms with van der Waals surface area (Å²) in [5.41, 5.74) is 5.39. The van der Waals surface area contributed by atoms with Crippen LogP contribution in [0.1, 0.15) is 22.3 Å². The van der Waals surface area contributed by atoms with Crippen molar-refractivity contribution in [3.05, 3.63) is 69.3 Å². The maximum absolute atomic E-state index is 12.3. The van der Waals surface area contributed by atoms with Gasteiger partial charge in [-0.05, 0) is 49.6 Å². The van der Waals surface area contributed by atoms with E-state index >= 15 is 0 Å². The molecule has 4 heteroatoms. The van der Waals surface area contributed by atoms with E-state index < -0.39 is 0 Å². The standard InChI is InChI=1S/C16H17N3O/c1-11-8-12(2)14(13(3)9-11)10-19-16(20)18-7-5-4-6-15(18)17-19/h4-9H,10H2,1-3H3. The molecule has 0 bridgehead atoms. The molecule has 0 aliphatic heterocycles. The third-order valence-corrected chi connectivity index (χ3v) is 3.64. The van der Waals surface area contributed by atoms with E-state index in [0.717, 1.165) is 0 Å². The van der Waals surface area contributed by atoms with Gasteiger partial charge in [-0.2, -0.15) is 0 Å². The number of fused-ring (bicyclic) bond motifs is 1. The lowest BCUT2D eigenvalue weighted by atomic mass is 10.00. The topological polar surface area (TPSA) is 39.3 Å². The smallest absolute Gasteiger partial charge is 0.250 e. The van der Waals surface area contributed by atoms with Gasteiger partial charge in [0.05, 0.1) is 6.54 Å². The van der Waals surface area contributed by atoms with Crippen molar-refractivity contribution in [1.29, 1.82) is 0 Å². The summed E-state index contributed by atoms with van der Waals surface area (Å²) >= 11 is 0. The molecule has 0 unspecified atom stereocenters. The third kappa shape index (κ3) is 2.03. The average Bonchev–Trinajstić information content (AvgIpc) is 2.71. The summed E-state index contributed by atoms with van der Waals surface area (Å²) < 4.78 is 3.10. The Bertz CT molecular complexity index is 819. The highest BCUT2D eigenvalue weighted by Gasteiger charge is 2.10. The Morgan fingerprint density at radius 3 is 2.45 bits per heavy atom. The first-order chi connectivity index (χ1) is 9.56. The largest absolute Gasteiger partial charge is 0.350 e. The quantitative estimate of drug-likeness (QED) is 0.715. The van der Waals surface area contributed by atoms with Crippen molar-refractivity contribution in [1.82, 2.24) is 14.2 Å². The molecule has 0 saturated heterocycles. The lowest BCUT2D eigenvalue weighted by Crippen LogP contribution is -2.22. The summed E-state index contributed by atoms with van der Waals surface area (Å²) in [4.78, 5) is 12.3. The average molecular weight is 267 g/mol. The first-order valence-electron chi connectivity index (χ1n) is 6.67. The minimum absolute atomic E-state index is 0.0972. The lowest BCUT2D eigenvalue weighted by molar-refractivity contribution is 0.653. The van der Waals surface area contributed by atoms with Crippen LogP contribution >= 0.6 is 0 Å². The number of rotatable bonds is 2. The second-order valence-electron chi connectivity index (χ2n) is 5.25. The monoisotopic (exact) mass is 267 g/mol. The van der Waals surface area contributed by atoms with E-state index in [1.54, 1.807) is 10.6 Å². The number of benzene rings is 1. The number of aromatic nitrogens is 3. The summed E-state index contributed by atoms with van der Waals surface area (Å²) in [6.45, 7) is 6.76. The Kier molecular flexibility index (Phi) is 2.93. The summed E-state index contributed by atoms with van der Waals surface area (Å²) in [5.74, 6) is 0. The number of hydrogen-bond donors (Lipinski definition) is 0. The van der Waals surface area contributed by atoms with Crippen LogP contribution in [0.4, 0.5) is 0 Å². The first kappa shape index (κ1) is 12.7. The van der Waals surface area contributed by atoms with Gasteiger partial charge >= 0.3 is 5.69 Å². The van der Waals surface area contributed by atoms with Gasteiger partial charge in [-0.1, -0.05) is 23.8 Å². The van der Waals surface area contributed by atoms with Crippen LogP contribution in [0.25, 0.3) is 5.65 Å². The minimum Gasteiger partial charge on any atom is -0.250 e. The van der Waals surface area contributed by atoms with Crippen LogP contribution < -0.4 is 5.69 Å². The van der Waals surface area contributed by atoms with Gasteiger partial charge in [0.15, 0.2) is 5.65 Å². The fourth-order valence-corrected chi connectivity index (χ4v) is 2.68. The van der Waals surface area contributed by atoms with Gasteiger partial charge in [-0.25, -0.2) is 9.48 Å². The summed E-state index contributed by atoms with van der Waals surface area (Å²) in [7, 11) is 0. The van der Waals surface area contributed by atoms with Gasteiger partial charge in [-0.3, -0.25) is 4.40 Å². The summed E-state index contributed by atoms with van der Waals surface area (Å²) in [6.07, 6.45) is 1.75. The van der Waals surface area contributed by atoms with E-state index in [1.807, 2.05) is 18.2 Å². The highest BCUT2D eigenvalue weighted by atomic mass is 16.2. The molecule has 0 fully saturated rings. The molecular formula is C16H17N3O. The number of nitrogens with zero attached hydrogens (tertiary/aromatic N) is 3. The number of aryl methyl sites for hydroxylation is 3. The molecular weight excluding hydrogens is 250 g/mol. The molecule has 1 aromatic carbocycles. The normalized spacial score (nSPS) is 11.2. The van der Waals surface area contributed by atoms with Crippen molar-refractivity contribution in [2.24, 2.45) is 0 Å². The van der Waals surface area contributed by atoms with Gasteiger partial charge < -0.3 is 0 Å². The SMILES string of the molecule is Cc1cc(C)c(Cn2nc3ccccn3c2=O)c(C)c1. The second kappa shape index (κ2) is 4.63. The fourth-order valence-electron chi connectivity index (χ4n) is 2.68. The molecule has 2 aromatic heterocycles. The molecule has 0 N–H and O–H groups in total. The minimum atomic E-state index is -0.0972. The second-order valence-corrected chi connectivity index (χ2v) is 5.25. The molecule has 0 atom stereocenters. The van der Waals surface area contributed by atoms with Crippen molar-refractivity contribution in [2.45, 2.75) is 27.3 Å². The number of hydrogen-bond acceptors (Lipinski definition) is 2. The first-order valence-corrected chi connectivity index (χ1v) is 6.67. The molecule has 3 rings (SSSR count). The van der Waals surface area contributed by atoms with Crippen LogP contribution in [0.3, 0.4) is 0 Å². The highest BCUT2D eigenvalue weighted by molar-refractivity contribution is 5.39. The summed E-state index contributed by atoms with van der Waals surface area (Å²) in [5, 5.41) is 4.38. The van der Waals surface area contributed by atoms with E-state index in [0.29, 0.717) is 12.2 Å². The third-order valence-electron chi connectivity index (χ3n) is 3.64. The molecule has 0 saturated carbocycles. The van der Waals surface area contributed by atoms with Gasteiger partial charge in [-0.15, -0.1) is 5.10 Å². The Hall–Kier alpha value is -2.36. The molecule has 0 amide bonds. The van der Waals surface area contributed by atoms with Gasteiger partial charge in [0.2, 0.25) is 0 Å². The molecule has 0 aliphatic rings. The van der Waals surface area contributed by atoms with Crippen molar-refractivity contribution in [2.75, 3.05) is 0 Å². The van der Waals surface area contributed by atoms with E-state index in [9.17, 15) is 4.79 Å². The number of pyridine rings is 1. The molecule has 0 spiro atoms. The van der Waals surface area contributed by atoms with Crippen LogP contribution in [-0.4, -0.2) is 14.2 Å². The Morgan fingerprint density at radius 2 is 1.80 bits per heavy atom. The zero-order valence-corrected chi connectivity index (χ0v) is 11.9. The molecule has 2 heterocycles. The lowest BCUT2D eigenvalue weighted by Gasteiger charge is -2.10. The van der Waals surface area contributed by atoms with Crippen LogP contribution in [0.2, 0.25) is 0 Å². The van der Waals surface area contributed by atoms with Crippen LogP contribution in [-0.2, 0) is 6.54 Å². The molecule has 20 heavy (non-hydrogen) atoms. The van der Waals surface area contributed by atoms with Gasteiger partial charge in [0, 0.05) is 6.20 Å². The van der Waals surface area contributed by atoms with Crippen molar-refractivity contribution in [3.8, 4) is 0 Å². The molecule has 3 aromatic rings. The molecule has 4 nitrogen and oxygen atoms in total. The predicted molar refractivity (Wildman–Crippen MR) is 79.2 cm³/mol. The summed E-state index contributed by atoms with van der Waals surface area (Å²) in [6, 6.07) is 9.84. The van der Waals surface area contributed by atoms with E-state index in [1.165, 1.54) is 26.9 Å². The van der Waals surface area contributed by atoms with Crippen molar-refractivity contribution < 1.29 is 0 Å². The molecule has 0 radical (unpaired) electrons. The Morgan fingerprint density at radius 1 is 1.10 bits per heavy atom. The zero-order valence-electron chi connectivity index (χ0n) is 11.9. The van der Waals surface area contributed by atoms with Crippen LogP contribution in [0.5, 0.6) is 0 Å². The Balaban J connectivity index is 2.10. The molecule has 0 aliphatic carbocycles. The molecule has 102 valence electrons. The zero-order chi connectivity index (χ0) is 14.3.